The molecule has 0 bridgehead atoms. The van der Waals surface area contributed by atoms with Gasteiger partial charge >= 0.3 is 5.97 Å². The van der Waals surface area contributed by atoms with Crippen molar-refractivity contribution < 1.29 is 14.3 Å². The predicted molar refractivity (Wildman–Crippen MR) is 48.4 cm³/mol. The average molecular weight is 187 g/mol. The molecule has 4 heteroatoms. The maximum absolute atomic E-state index is 11.3. The lowest BCUT2D eigenvalue weighted by Gasteiger charge is -2.39. The minimum atomic E-state index is -0.219. The van der Waals surface area contributed by atoms with Crippen LogP contribution < -0.4 is 5.32 Å². The van der Waals surface area contributed by atoms with E-state index in [-0.39, 0.29) is 24.0 Å². The third kappa shape index (κ3) is 2.00. The van der Waals surface area contributed by atoms with E-state index >= 15 is 0 Å². The van der Waals surface area contributed by atoms with Gasteiger partial charge in [-0.2, -0.15) is 0 Å². The van der Waals surface area contributed by atoms with Crippen molar-refractivity contribution in [3.63, 3.8) is 0 Å². The number of hydrogen-bond donors (Lipinski definition) is 1. The quantitative estimate of drug-likeness (QED) is 0.637. The smallest absolute Gasteiger partial charge is 0.323 e. The first kappa shape index (κ1) is 10.5. The highest BCUT2D eigenvalue weighted by atomic mass is 16.5. The van der Waals surface area contributed by atoms with Gasteiger partial charge in [0.15, 0.2) is 0 Å². The van der Waals surface area contributed by atoms with E-state index in [9.17, 15) is 4.79 Å². The third-order valence-corrected chi connectivity index (χ3v) is 2.76. The largest absolute Gasteiger partial charge is 0.468 e. The molecule has 0 aromatic heterocycles. The second kappa shape index (κ2) is 4.58. The lowest BCUT2D eigenvalue weighted by atomic mass is 9.76. The van der Waals surface area contributed by atoms with Crippen molar-refractivity contribution in [2.24, 2.45) is 5.92 Å². The Bertz CT molecular complexity index is 182. The molecule has 0 radical (unpaired) electrons. The van der Waals surface area contributed by atoms with Gasteiger partial charge in [-0.25, -0.2) is 0 Å². The molecule has 0 spiro atoms. The first-order valence-corrected chi connectivity index (χ1v) is 4.52. The van der Waals surface area contributed by atoms with Gasteiger partial charge < -0.3 is 14.8 Å². The molecular formula is C9H17NO3. The van der Waals surface area contributed by atoms with Gasteiger partial charge in [0, 0.05) is 13.0 Å². The van der Waals surface area contributed by atoms with Crippen molar-refractivity contribution in [2.75, 3.05) is 21.3 Å². The van der Waals surface area contributed by atoms with E-state index < -0.39 is 0 Å². The number of rotatable bonds is 4. The Morgan fingerprint density at radius 3 is 2.46 bits per heavy atom. The lowest BCUT2D eigenvalue weighted by Crippen LogP contribution is -2.51. The molecule has 0 aliphatic heterocycles. The molecule has 3 unspecified atom stereocenters. The van der Waals surface area contributed by atoms with Crippen molar-refractivity contribution in [2.45, 2.75) is 25.0 Å². The molecule has 1 fully saturated rings. The molecular weight excluding hydrogens is 170 g/mol. The van der Waals surface area contributed by atoms with E-state index in [0.717, 1.165) is 12.8 Å². The molecule has 1 saturated carbocycles. The van der Waals surface area contributed by atoms with Gasteiger partial charge in [-0.05, 0) is 19.9 Å². The maximum atomic E-state index is 11.3. The van der Waals surface area contributed by atoms with Crippen molar-refractivity contribution in [3.8, 4) is 0 Å². The van der Waals surface area contributed by atoms with Crippen LogP contribution in [0, 0.1) is 5.92 Å². The fraction of sp³-hybridized carbons (Fsp3) is 0.889. The molecule has 0 amide bonds. The normalized spacial score (nSPS) is 29.2. The molecule has 13 heavy (non-hydrogen) atoms. The van der Waals surface area contributed by atoms with Gasteiger partial charge in [0.2, 0.25) is 0 Å². The number of carbonyl (C=O) groups excluding carboxylic acids is 1. The van der Waals surface area contributed by atoms with Crippen LogP contribution in [0.15, 0.2) is 0 Å². The van der Waals surface area contributed by atoms with Crippen LogP contribution in [0.4, 0.5) is 0 Å². The Hall–Kier alpha value is -0.610. The van der Waals surface area contributed by atoms with E-state index in [2.05, 4.69) is 5.32 Å². The summed E-state index contributed by atoms with van der Waals surface area (Å²) in [5, 5.41) is 2.96. The summed E-state index contributed by atoms with van der Waals surface area (Å²) in [6.07, 6.45) is 2.27. The Labute approximate surface area is 78.6 Å². The highest BCUT2D eigenvalue weighted by molar-refractivity contribution is 5.76. The lowest BCUT2D eigenvalue weighted by molar-refractivity contribution is -0.149. The third-order valence-electron chi connectivity index (χ3n) is 2.76. The molecule has 1 rings (SSSR count). The van der Waals surface area contributed by atoms with Crippen molar-refractivity contribution in [1.29, 1.82) is 0 Å². The summed E-state index contributed by atoms with van der Waals surface area (Å²) in [6.45, 7) is 0. The van der Waals surface area contributed by atoms with E-state index in [1.165, 1.54) is 7.11 Å². The number of ether oxygens (including phenoxy) is 2. The first-order chi connectivity index (χ1) is 6.24. The van der Waals surface area contributed by atoms with Crippen LogP contribution in [-0.2, 0) is 14.3 Å². The molecule has 0 saturated heterocycles. The van der Waals surface area contributed by atoms with Gasteiger partial charge in [0.1, 0.15) is 6.04 Å². The number of nitrogens with one attached hydrogen (secondary N) is 1. The fourth-order valence-electron chi connectivity index (χ4n) is 1.80. The zero-order valence-corrected chi connectivity index (χ0v) is 8.37. The Balaban J connectivity index is 2.51. The minimum absolute atomic E-state index is 0.200. The van der Waals surface area contributed by atoms with Crippen molar-refractivity contribution >= 4 is 5.97 Å². The van der Waals surface area contributed by atoms with E-state index in [4.69, 9.17) is 9.47 Å². The van der Waals surface area contributed by atoms with E-state index in [1.807, 2.05) is 0 Å². The maximum Gasteiger partial charge on any atom is 0.323 e. The number of likely N-dealkylation sites (N-methyl/N-ethyl adjacent to an activating group) is 1. The standard InChI is InChI=1S/C9H17NO3/c1-10-8(9(11)13-3)6-4-5-7(6)12-2/h6-8,10H,4-5H2,1-3H3. The van der Waals surface area contributed by atoms with Gasteiger partial charge in [0.05, 0.1) is 13.2 Å². The van der Waals surface area contributed by atoms with Gasteiger partial charge in [-0.15, -0.1) is 0 Å². The summed E-state index contributed by atoms with van der Waals surface area (Å²) < 4.78 is 9.92. The molecule has 4 nitrogen and oxygen atoms in total. The van der Waals surface area contributed by atoms with Crippen LogP contribution in [0.2, 0.25) is 0 Å². The molecule has 1 aliphatic carbocycles. The second-order valence-electron chi connectivity index (χ2n) is 3.30. The number of methoxy groups -OCH3 is 2. The predicted octanol–water partition coefficient (Wildman–Crippen LogP) is 0.172. The highest BCUT2D eigenvalue weighted by Crippen LogP contribution is 2.32. The van der Waals surface area contributed by atoms with Gasteiger partial charge in [-0.3, -0.25) is 4.79 Å². The minimum Gasteiger partial charge on any atom is -0.468 e. The summed E-state index contributed by atoms with van der Waals surface area (Å²) in [7, 11) is 4.86. The topological polar surface area (TPSA) is 47.6 Å². The van der Waals surface area contributed by atoms with Crippen molar-refractivity contribution in [3.05, 3.63) is 0 Å². The highest BCUT2D eigenvalue weighted by Gasteiger charge is 2.40. The van der Waals surface area contributed by atoms with Crippen LogP contribution in [0.1, 0.15) is 12.8 Å². The Kier molecular flexibility index (Phi) is 3.69. The molecule has 0 aromatic rings. The monoisotopic (exact) mass is 187 g/mol. The van der Waals surface area contributed by atoms with Crippen LogP contribution >= 0.6 is 0 Å². The first-order valence-electron chi connectivity index (χ1n) is 4.52. The summed E-state index contributed by atoms with van der Waals surface area (Å²) in [6, 6.07) is -0.219. The molecule has 76 valence electrons. The average Bonchev–Trinajstić information content (AvgIpc) is 2.11. The summed E-state index contributed by atoms with van der Waals surface area (Å²) in [5.74, 6) is 0.0664. The number of esters is 1. The summed E-state index contributed by atoms with van der Waals surface area (Å²) in [4.78, 5) is 11.3. The van der Waals surface area contributed by atoms with E-state index in [1.54, 1.807) is 14.2 Å². The van der Waals surface area contributed by atoms with Crippen LogP contribution in [0.25, 0.3) is 0 Å². The summed E-state index contributed by atoms with van der Waals surface area (Å²) in [5.41, 5.74) is 0. The van der Waals surface area contributed by atoms with Gasteiger partial charge in [0.25, 0.3) is 0 Å². The van der Waals surface area contributed by atoms with Crippen molar-refractivity contribution in [1.82, 2.24) is 5.32 Å². The summed E-state index contributed by atoms with van der Waals surface area (Å²) >= 11 is 0. The number of carbonyl (C=O) groups is 1. The van der Waals surface area contributed by atoms with E-state index in [0.29, 0.717) is 0 Å². The van der Waals surface area contributed by atoms with Crippen LogP contribution in [0.5, 0.6) is 0 Å². The van der Waals surface area contributed by atoms with Crippen LogP contribution in [0.3, 0.4) is 0 Å². The zero-order chi connectivity index (χ0) is 9.84. The molecule has 1 aliphatic rings. The Morgan fingerprint density at radius 1 is 1.46 bits per heavy atom. The molecule has 0 aromatic carbocycles. The molecule has 1 N–H and O–H groups in total. The second-order valence-corrected chi connectivity index (χ2v) is 3.30. The fourth-order valence-corrected chi connectivity index (χ4v) is 1.80. The van der Waals surface area contributed by atoms with Crippen LogP contribution in [-0.4, -0.2) is 39.4 Å². The number of hydrogen-bond acceptors (Lipinski definition) is 4. The molecule has 3 atom stereocenters. The SMILES string of the molecule is CNC(C(=O)OC)C1CCC1OC. The Morgan fingerprint density at radius 2 is 2.15 bits per heavy atom. The van der Waals surface area contributed by atoms with Gasteiger partial charge in [-0.1, -0.05) is 0 Å². The molecule has 0 heterocycles. The zero-order valence-electron chi connectivity index (χ0n) is 8.37.